The molecule has 0 spiro atoms. The Morgan fingerprint density at radius 1 is 1.29 bits per heavy atom. The van der Waals surface area contributed by atoms with Gasteiger partial charge < -0.3 is 4.90 Å². The van der Waals surface area contributed by atoms with Crippen LogP contribution in [0.1, 0.15) is 24.8 Å². The van der Waals surface area contributed by atoms with Gasteiger partial charge in [0, 0.05) is 6.54 Å². The topological polar surface area (TPSA) is 20.3 Å². The molecule has 1 unspecified atom stereocenters. The minimum absolute atomic E-state index is 0.323. The lowest BCUT2D eigenvalue weighted by atomic mass is 10.1. The first-order valence-electron chi connectivity index (χ1n) is 6.17. The SMILES string of the molecule is CSC1CC(=O)N1CCCCc1ccccc1. The number of carbonyl (C=O) groups is 1. The largest absolute Gasteiger partial charge is 0.330 e. The van der Waals surface area contributed by atoms with Crippen molar-refractivity contribution < 1.29 is 4.79 Å². The molecule has 1 aromatic rings. The summed E-state index contributed by atoms with van der Waals surface area (Å²) in [7, 11) is 0. The van der Waals surface area contributed by atoms with E-state index in [0.29, 0.717) is 11.3 Å². The summed E-state index contributed by atoms with van der Waals surface area (Å²) < 4.78 is 0. The van der Waals surface area contributed by atoms with Crippen molar-refractivity contribution in [2.75, 3.05) is 12.8 Å². The quantitative estimate of drug-likeness (QED) is 0.571. The highest BCUT2D eigenvalue weighted by molar-refractivity contribution is 7.99. The number of carbonyl (C=O) groups excluding carboxylic acids is 1. The first-order valence-corrected chi connectivity index (χ1v) is 7.46. The minimum atomic E-state index is 0.323. The Morgan fingerprint density at radius 2 is 2.06 bits per heavy atom. The predicted octanol–water partition coefficient (Wildman–Crippen LogP) is 2.93. The van der Waals surface area contributed by atoms with E-state index >= 15 is 0 Å². The summed E-state index contributed by atoms with van der Waals surface area (Å²) in [4.78, 5) is 13.4. The summed E-state index contributed by atoms with van der Waals surface area (Å²) in [6, 6.07) is 10.5. The number of unbranched alkanes of at least 4 members (excludes halogenated alkanes) is 1. The fourth-order valence-electron chi connectivity index (χ4n) is 2.16. The maximum absolute atomic E-state index is 11.4. The Hall–Kier alpha value is -0.960. The monoisotopic (exact) mass is 249 g/mol. The van der Waals surface area contributed by atoms with Crippen molar-refractivity contribution in [2.24, 2.45) is 0 Å². The molecule has 17 heavy (non-hydrogen) atoms. The number of rotatable bonds is 6. The fraction of sp³-hybridized carbons (Fsp3) is 0.500. The maximum Gasteiger partial charge on any atom is 0.226 e. The minimum Gasteiger partial charge on any atom is -0.330 e. The van der Waals surface area contributed by atoms with Crippen LogP contribution in [0.2, 0.25) is 0 Å². The van der Waals surface area contributed by atoms with E-state index in [1.54, 1.807) is 11.8 Å². The molecule has 1 aliphatic rings. The van der Waals surface area contributed by atoms with E-state index < -0.39 is 0 Å². The number of hydrogen-bond acceptors (Lipinski definition) is 2. The van der Waals surface area contributed by atoms with Gasteiger partial charge in [-0.05, 0) is 31.1 Å². The number of benzene rings is 1. The van der Waals surface area contributed by atoms with E-state index in [0.717, 1.165) is 32.2 Å². The summed E-state index contributed by atoms with van der Waals surface area (Å²) in [6.07, 6.45) is 6.20. The van der Waals surface area contributed by atoms with Crippen molar-refractivity contribution in [3.05, 3.63) is 35.9 Å². The van der Waals surface area contributed by atoms with Gasteiger partial charge in [0.2, 0.25) is 5.91 Å². The van der Waals surface area contributed by atoms with Crippen molar-refractivity contribution >= 4 is 17.7 Å². The zero-order valence-corrected chi connectivity index (χ0v) is 11.1. The van der Waals surface area contributed by atoms with Gasteiger partial charge in [-0.3, -0.25) is 4.79 Å². The predicted molar refractivity (Wildman–Crippen MR) is 73.0 cm³/mol. The van der Waals surface area contributed by atoms with E-state index in [1.807, 2.05) is 11.0 Å². The number of aryl methyl sites for hydroxylation is 1. The van der Waals surface area contributed by atoms with Crippen LogP contribution in [0.5, 0.6) is 0 Å². The smallest absolute Gasteiger partial charge is 0.226 e. The van der Waals surface area contributed by atoms with E-state index in [1.165, 1.54) is 5.56 Å². The van der Waals surface area contributed by atoms with Crippen LogP contribution >= 0.6 is 11.8 Å². The number of thioether (sulfide) groups is 1. The number of nitrogens with zero attached hydrogens (tertiary/aromatic N) is 1. The van der Waals surface area contributed by atoms with Crippen molar-refractivity contribution in [1.29, 1.82) is 0 Å². The molecule has 0 saturated carbocycles. The molecule has 1 saturated heterocycles. The molecule has 1 fully saturated rings. The lowest BCUT2D eigenvalue weighted by molar-refractivity contribution is -0.141. The molecule has 3 heteroatoms. The third-order valence-corrected chi connectivity index (χ3v) is 4.21. The summed E-state index contributed by atoms with van der Waals surface area (Å²) in [5.74, 6) is 0.323. The van der Waals surface area contributed by atoms with Crippen LogP contribution in [0.25, 0.3) is 0 Å². The lowest BCUT2D eigenvalue weighted by Gasteiger charge is -2.39. The van der Waals surface area contributed by atoms with Gasteiger partial charge in [-0.2, -0.15) is 0 Å². The molecular formula is C14H19NOS. The highest BCUT2D eigenvalue weighted by atomic mass is 32.2. The van der Waals surface area contributed by atoms with Crippen LogP contribution in [0.4, 0.5) is 0 Å². The van der Waals surface area contributed by atoms with Gasteiger partial charge in [-0.25, -0.2) is 0 Å². The highest BCUT2D eigenvalue weighted by Crippen LogP contribution is 2.27. The first kappa shape index (κ1) is 12.5. The number of likely N-dealkylation sites (tertiary alicyclic amines) is 1. The molecule has 1 heterocycles. The normalized spacial score (nSPS) is 19.2. The second kappa shape index (κ2) is 6.10. The Bertz CT molecular complexity index is 366. The third-order valence-electron chi connectivity index (χ3n) is 3.25. The second-order valence-electron chi connectivity index (χ2n) is 4.42. The van der Waals surface area contributed by atoms with E-state index in [2.05, 4.69) is 30.5 Å². The van der Waals surface area contributed by atoms with Crippen molar-refractivity contribution in [3.63, 3.8) is 0 Å². The standard InChI is InChI=1S/C14H19NOS/c1-17-14-11-13(16)15(14)10-6-5-9-12-7-3-2-4-8-12/h2-4,7-8,14H,5-6,9-11H2,1H3. The average molecular weight is 249 g/mol. The summed E-state index contributed by atoms with van der Waals surface area (Å²) in [6.45, 7) is 0.928. The van der Waals surface area contributed by atoms with Crippen LogP contribution in [0.3, 0.4) is 0 Å². The van der Waals surface area contributed by atoms with Crippen LogP contribution in [0.15, 0.2) is 30.3 Å². The Labute approximate surface area is 107 Å². The summed E-state index contributed by atoms with van der Waals surface area (Å²) in [5.41, 5.74) is 1.39. The summed E-state index contributed by atoms with van der Waals surface area (Å²) in [5, 5.41) is 0.444. The van der Waals surface area contributed by atoms with Crippen LogP contribution in [-0.2, 0) is 11.2 Å². The van der Waals surface area contributed by atoms with Gasteiger partial charge >= 0.3 is 0 Å². The Balaban J connectivity index is 1.65. The maximum atomic E-state index is 11.4. The zero-order valence-electron chi connectivity index (χ0n) is 10.3. The zero-order chi connectivity index (χ0) is 12.1. The van der Waals surface area contributed by atoms with E-state index in [-0.39, 0.29) is 0 Å². The molecule has 1 aromatic carbocycles. The van der Waals surface area contributed by atoms with Crippen molar-refractivity contribution in [1.82, 2.24) is 4.90 Å². The van der Waals surface area contributed by atoms with Gasteiger partial charge in [0.15, 0.2) is 0 Å². The molecular weight excluding hydrogens is 230 g/mol. The lowest BCUT2D eigenvalue weighted by Crippen LogP contribution is -2.50. The molecule has 92 valence electrons. The van der Waals surface area contributed by atoms with Crippen molar-refractivity contribution in [3.8, 4) is 0 Å². The number of amides is 1. The van der Waals surface area contributed by atoms with E-state index in [9.17, 15) is 4.79 Å². The second-order valence-corrected chi connectivity index (χ2v) is 5.44. The highest BCUT2D eigenvalue weighted by Gasteiger charge is 2.34. The summed E-state index contributed by atoms with van der Waals surface area (Å²) >= 11 is 1.78. The molecule has 2 rings (SSSR count). The molecule has 0 radical (unpaired) electrons. The van der Waals surface area contributed by atoms with E-state index in [4.69, 9.17) is 0 Å². The van der Waals surface area contributed by atoms with Crippen molar-refractivity contribution in [2.45, 2.75) is 31.1 Å². The molecule has 1 aliphatic heterocycles. The Kier molecular flexibility index (Phi) is 4.49. The third kappa shape index (κ3) is 3.25. The molecule has 1 amide bonds. The average Bonchev–Trinajstić information content (AvgIpc) is 2.36. The van der Waals surface area contributed by atoms with Crippen LogP contribution < -0.4 is 0 Å². The Morgan fingerprint density at radius 3 is 2.71 bits per heavy atom. The van der Waals surface area contributed by atoms with Crippen LogP contribution in [0, 0.1) is 0 Å². The fourth-order valence-corrected chi connectivity index (χ4v) is 2.95. The van der Waals surface area contributed by atoms with Gasteiger partial charge in [-0.15, -0.1) is 11.8 Å². The molecule has 1 atom stereocenters. The van der Waals surface area contributed by atoms with Gasteiger partial charge in [-0.1, -0.05) is 30.3 Å². The van der Waals surface area contributed by atoms with Gasteiger partial charge in [0.05, 0.1) is 11.8 Å². The van der Waals surface area contributed by atoms with Gasteiger partial charge in [0.25, 0.3) is 0 Å². The van der Waals surface area contributed by atoms with Gasteiger partial charge in [0.1, 0.15) is 0 Å². The molecule has 2 nitrogen and oxygen atoms in total. The molecule has 0 aromatic heterocycles. The van der Waals surface area contributed by atoms with Crippen LogP contribution in [-0.4, -0.2) is 29.0 Å². The first-order chi connectivity index (χ1) is 8.31. The molecule has 0 bridgehead atoms. The number of β-lactam (4-membered cyclic amide) rings is 1. The molecule has 0 aliphatic carbocycles. The number of hydrogen-bond donors (Lipinski definition) is 0. The molecule has 0 N–H and O–H groups in total.